The van der Waals surface area contributed by atoms with E-state index in [0.29, 0.717) is 0 Å². The highest BCUT2D eigenvalue weighted by Gasteiger charge is 2.29. The van der Waals surface area contributed by atoms with Crippen molar-refractivity contribution in [3.05, 3.63) is 60.7 Å². The molecule has 3 rings (SSSR count). The molecule has 2 aromatic rings. The normalized spacial score (nSPS) is 17.3. The molecule has 0 aliphatic carbocycles. The van der Waals surface area contributed by atoms with Crippen molar-refractivity contribution in [1.29, 1.82) is 0 Å². The third-order valence-corrected chi connectivity index (χ3v) is 9.34. The maximum absolute atomic E-state index is 6.35. The van der Waals surface area contributed by atoms with Gasteiger partial charge in [0.05, 0.1) is 6.19 Å². The Morgan fingerprint density at radius 2 is 1.10 bits per heavy atom. The summed E-state index contributed by atoms with van der Waals surface area (Å²) in [6.07, 6.45) is 3.38. The van der Waals surface area contributed by atoms with E-state index < -0.39 is 6.19 Å². The minimum absolute atomic E-state index is 1.14. The molecule has 1 aliphatic heterocycles. The summed E-state index contributed by atoms with van der Waals surface area (Å²) in [6, 6.07) is 21.5. The molecule has 3 heteroatoms. The minimum atomic E-state index is -1.86. The molecular weight excluding hydrogens is 293 g/mol. The predicted molar refractivity (Wildman–Crippen MR) is 96.5 cm³/mol. The molecule has 1 saturated heterocycles. The van der Waals surface area contributed by atoms with Crippen molar-refractivity contribution in [3.8, 4) is 0 Å². The van der Waals surface area contributed by atoms with Crippen LogP contribution >= 0.6 is 6.19 Å². The van der Waals surface area contributed by atoms with Gasteiger partial charge in [-0.05, 0) is 12.8 Å². The lowest BCUT2D eigenvalue weighted by Crippen LogP contribution is -2.32. The molecule has 0 atom stereocenters. The topological polar surface area (TPSA) is 3.24 Å². The van der Waals surface area contributed by atoms with Crippen LogP contribution in [0.15, 0.2) is 60.7 Å². The number of benzene rings is 2. The molecule has 0 aromatic heterocycles. The highest BCUT2D eigenvalue weighted by atomic mass is 32.4. The molecule has 0 spiro atoms. The second-order valence-electron chi connectivity index (χ2n) is 5.62. The van der Waals surface area contributed by atoms with Crippen molar-refractivity contribution in [1.82, 2.24) is 4.67 Å². The zero-order chi connectivity index (χ0) is 14.5. The molecule has 1 fully saturated rings. The van der Waals surface area contributed by atoms with Gasteiger partial charge in [-0.2, -0.15) is 0 Å². The first-order valence-electron chi connectivity index (χ1n) is 7.78. The summed E-state index contributed by atoms with van der Waals surface area (Å²) in [5, 5.41) is 2.65. The van der Waals surface area contributed by atoms with Crippen LogP contribution in [0.3, 0.4) is 0 Å². The molecule has 0 saturated carbocycles. The van der Waals surface area contributed by atoms with Crippen molar-refractivity contribution in [2.45, 2.75) is 25.7 Å². The smallest absolute Gasteiger partial charge is 0.0709 e. The Bertz CT molecular complexity index is 560. The van der Waals surface area contributed by atoms with Crippen molar-refractivity contribution in [2.24, 2.45) is 0 Å². The SMILES string of the molecule is S=P(c1ccccc1)(c1ccccc1)N1CCCCCC1. The molecule has 2 aromatic carbocycles. The summed E-state index contributed by atoms with van der Waals surface area (Å²) in [6.45, 7) is 2.28. The molecule has 0 amide bonds. The summed E-state index contributed by atoms with van der Waals surface area (Å²) in [7, 11) is 0. The van der Waals surface area contributed by atoms with Gasteiger partial charge in [-0.1, -0.05) is 85.3 Å². The summed E-state index contributed by atoms with van der Waals surface area (Å²) < 4.78 is 2.61. The Kier molecular flexibility index (Phi) is 4.90. The average Bonchev–Trinajstić information content (AvgIpc) is 2.85. The molecule has 1 heterocycles. The quantitative estimate of drug-likeness (QED) is 0.790. The van der Waals surface area contributed by atoms with Crippen LogP contribution < -0.4 is 10.6 Å². The van der Waals surface area contributed by atoms with Crippen LogP contribution in [0.25, 0.3) is 0 Å². The summed E-state index contributed by atoms with van der Waals surface area (Å²) in [5.74, 6) is 0. The average molecular weight is 315 g/mol. The lowest BCUT2D eigenvalue weighted by molar-refractivity contribution is 0.478. The Labute approximate surface area is 133 Å². The second kappa shape index (κ2) is 6.87. The zero-order valence-electron chi connectivity index (χ0n) is 12.3. The van der Waals surface area contributed by atoms with Gasteiger partial charge in [-0.3, -0.25) is 4.67 Å². The number of rotatable bonds is 3. The van der Waals surface area contributed by atoms with Crippen LogP contribution in [0.1, 0.15) is 25.7 Å². The fourth-order valence-electron chi connectivity index (χ4n) is 3.07. The number of hydrogen-bond donors (Lipinski definition) is 0. The van der Waals surface area contributed by atoms with E-state index in [2.05, 4.69) is 65.3 Å². The minimum Gasteiger partial charge on any atom is -0.268 e. The van der Waals surface area contributed by atoms with Crippen LogP contribution in [0.4, 0.5) is 0 Å². The molecule has 1 nitrogen and oxygen atoms in total. The van der Waals surface area contributed by atoms with Crippen LogP contribution in [-0.4, -0.2) is 17.8 Å². The molecule has 0 radical (unpaired) electrons. The van der Waals surface area contributed by atoms with Gasteiger partial charge in [0.25, 0.3) is 0 Å². The predicted octanol–water partition coefficient (Wildman–Crippen LogP) is 3.91. The standard InChI is InChI=1S/C18H22NPS/c21-20(17-11-5-3-6-12-17,18-13-7-4-8-14-18)19-15-9-1-2-10-16-19/h3-8,11-14H,1-2,9-10,15-16H2. The molecule has 0 bridgehead atoms. The van der Waals surface area contributed by atoms with Crippen molar-refractivity contribution < 1.29 is 0 Å². The van der Waals surface area contributed by atoms with E-state index >= 15 is 0 Å². The van der Waals surface area contributed by atoms with Crippen molar-refractivity contribution in [2.75, 3.05) is 13.1 Å². The van der Waals surface area contributed by atoms with Gasteiger partial charge in [0.1, 0.15) is 0 Å². The molecular formula is C18H22NPS. The zero-order valence-corrected chi connectivity index (χ0v) is 14.0. The monoisotopic (exact) mass is 315 g/mol. The summed E-state index contributed by atoms with van der Waals surface area (Å²) >= 11 is 6.35. The Morgan fingerprint density at radius 1 is 0.667 bits per heavy atom. The van der Waals surface area contributed by atoms with E-state index in [4.69, 9.17) is 11.8 Å². The third-order valence-electron chi connectivity index (χ3n) is 4.19. The fourth-order valence-corrected chi connectivity index (χ4v) is 7.24. The number of nitrogens with zero attached hydrogens (tertiary/aromatic N) is 1. The largest absolute Gasteiger partial charge is 0.268 e. The fraction of sp³-hybridized carbons (Fsp3) is 0.333. The Morgan fingerprint density at radius 3 is 1.52 bits per heavy atom. The Balaban J connectivity index is 2.08. The summed E-state index contributed by atoms with van der Waals surface area (Å²) in [5.41, 5.74) is 0. The maximum Gasteiger partial charge on any atom is 0.0709 e. The van der Waals surface area contributed by atoms with Gasteiger partial charge in [0.2, 0.25) is 0 Å². The highest BCUT2D eigenvalue weighted by Crippen LogP contribution is 2.48. The first kappa shape index (κ1) is 15.0. The van der Waals surface area contributed by atoms with E-state index in [1.54, 1.807) is 0 Å². The maximum atomic E-state index is 6.35. The lowest BCUT2D eigenvalue weighted by atomic mass is 10.2. The molecule has 110 valence electrons. The number of hydrogen-bond acceptors (Lipinski definition) is 1. The van der Waals surface area contributed by atoms with E-state index in [-0.39, 0.29) is 0 Å². The van der Waals surface area contributed by atoms with Crippen molar-refractivity contribution >= 4 is 28.6 Å². The van der Waals surface area contributed by atoms with Crippen LogP contribution in [0, 0.1) is 0 Å². The first-order valence-corrected chi connectivity index (χ1v) is 10.5. The van der Waals surface area contributed by atoms with Gasteiger partial charge < -0.3 is 0 Å². The van der Waals surface area contributed by atoms with Crippen LogP contribution in [-0.2, 0) is 11.8 Å². The van der Waals surface area contributed by atoms with Gasteiger partial charge in [0.15, 0.2) is 0 Å². The molecule has 0 N–H and O–H groups in total. The molecule has 1 aliphatic rings. The van der Waals surface area contributed by atoms with E-state index in [0.717, 1.165) is 13.1 Å². The van der Waals surface area contributed by atoms with Gasteiger partial charge >= 0.3 is 0 Å². The first-order chi connectivity index (χ1) is 10.3. The summed E-state index contributed by atoms with van der Waals surface area (Å²) in [4.78, 5) is 0. The van der Waals surface area contributed by atoms with Gasteiger partial charge in [-0.15, -0.1) is 0 Å². The third kappa shape index (κ3) is 3.13. The van der Waals surface area contributed by atoms with Gasteiger partial charge in [-0.25, -0.2) is 0 Å². The second-order valence-corrected chi connectivity index (χ2v) is 9.95. The van der Waals surface area contributed by atoms with Gasteiger partial charge in [0, 0.05) is 23.7 Å². The van der Waals surface area contributed by atoms with E-state index in [9.17, 15) is 0 Å². The molecule has 21 heavy (non-hydrogen) atoms. The van der Waals surface area contributed by atoms with Crippen LogP contribution in [0.2, 0.25) is 0 Å². The van der Waals surface area contributed by atoms with Crippen molar-refractivity contribution in [3.63, 3.8) is 0 Å². The Hall–Kier alpha value is -0.950. The van der Waals surface area contributed by atoms with E-state index in [1.807, 2.05) is 0 Å². The molecule has 0 unspecified atom stereocenters. The van der Waals surface area contributed by atoms with Crippen LogP contribution in [0.5, 0.6) is 0 Å². The lowest BCUT2D eigenvalue weighted by Gasteiger charge is -2.35. The van der Waals surface area contributed by atoms with E-state index in [1.165, 1.54) is 36.3 Å². The highest BCUT2D eigenvalue weighted by molar-refractivity contribution is 8.20.